The van der Waals surface area contributed by atoms with Gasteiger partial charge in [-0.25, -0.2) is 0 Å². The Hall–Kier alpha value is -7.28. The summed E-state index contributed by atoms with van der Waals surface area (Å²) in [5.41, 5.74) is 15.4. The van der Waals surface area contributed by atoms with Gasteiger partial charge in [-0.05, 0) is 98.8 Å². The molecule has 0 nitrogen and oxygen atoms in total. The SMILES string of the molecule is C1=CC2C(c3ccc(-c4c5ccccc5c(-c5ccccc5-c5ccccc5)c5ccccc45)cc3)=c3ccccc3=C(c3ccccc3-c3ccccc3)C2C=C1. The number of hydrogen-bond acceptors (Lipinski definition) is 0. The molecule has 0 amide bonds. The summed E-state index contributed by atoms with van der Waals surface area (Å²) >= 11 is 0. The van der Waals surface area contributed by atoms with Crippen LogP contribution < -0.4 is 10.4 Å². The quantitative estimate of drug-likeness (QED) is 0.149. The molecule has 2 aliphatic rings. The highest BCUT2D eigenvalue weighted by Gasteiger charge is 2.32. The van der Waals surface area contributed by atoms with Crippen LogP contribution in [0, 0.1) is 11.8 Å². The zero-order valence-corrected chi connectivity index (χ0v) is 32.1. The smallest absolute Gasteiger partial charge is 0.0137 e. The molecular weight excluding hydrogens is 697 g/mol. The van der Waals surface area contributed by atoms with E-state index >= 15 is 0 Å². The zero-order valence-electron chi connectivity index (χ0n) is 32.1. The van der Waals surface area contributed by atoms with Crippen LogP contribution in [0.15, 0.2) is 231 Å². The first-order valence-corrected chi connectivity index (χ1v) is 20.4. The summed E-state index contributed by atoms with van der Waals surface area (Å²) in [6.07, 6.45) is 9.31. The van der Waals surface area contributed by atoms with E-state index in [4.69, 9.17) is 0 Å². The maximum Gasteiger partial charge on any atom is 0.0137 e. The predicted molar refractivity (Wildman–Crippen MR) is 246 cm³/mol. The Kier molecular flexibility index (Phi) is 8.41. The van der Waals surface area contributed by atoms with Crippen molar-refractivity contribution in [2.45, 2.75) is 0 Å². The van der Waals surface area contributed by atoms with E-state index in [0.29, 0.717) is 0 Å². The average molecular weight is 737 g/mol. The number of hydrogen-bond donors (Lipinski definition) is 0. The highest BCUT2D eigenvalue weighted by atomic mass is 14.4. The molecule has 2 aliphatic carbocycles. The minimum absolute atomic E-state index is 0.204. The van der Waals surface area contributed by atoms with Crippen molar-refractivity contribution >= 4 is 32.7 Å². The van der Waals surface area contributed by atoms with Crippen molar-refractivity contribution in [3.05, 3.63) is 252 Å². The van der Waals surface area contributed by atoms with Crippen LogP contribution in [0.4, 0.5) is 0 Å². The van der Waals surface area contributed by atoms with Crippen molar-refractivity contribution in [2.24, 2.45) is 11.8 Å². The third-order valence-corrected chi connectivity index (χ3v) is 12.3. The molecule has 0 heterocycles. The van der Waals surface area contributed by atoms with Crippen LogP contribution in [0.1, 0.15) is 11.1 Å². The van der Waals surface area contributed by atoms with Crippen LogP contribution in [0.2, 0.25) is 0 Å². The first kappa shape index (κ1) is 34.0. The highest BCUT2D eigenvalue weighted by Crippen LogP contribution is 2.47. The Morgan fingerprint density at radius 2 is 0.621 bits per heavy atom. The zero-order chi connectivity index (χ0) is 38.4. The van der Waals surface area contributed by atoms with Gasteiger partial charge in [0, 0.05) is 11.8 Å². The molecule has 0 heteroatoms. The van der Waals surface area contributed by atoms with Gasteiger partial charge in [0.2, 0.25) is 0 Å². The molecule has 0 fully saturated rings. The van der Waals surface area contributed by atoms with E-state index in [9.17, 15) is 0 Å². The molecule has 0 saturated heterocycles. The summed E-state index contributed by atoms with van der Waals surface area (Å²) in [4.78, 5) is 0. The molecule has 2 atom stereocenters. The van der Waals surface area contributed by atoms with E-state index in [1.54, 1.807) is 0 Å². The number of allylic oxidation sites excluding steroid dienone is 4. The van der Waals surface area contributed by atoms with Crippen molar-refractivity contribution in [3.8, 4) is 44.5 Å². The van der Waals surface area contributed by atoms with Gasteiger partial charge in [-0.1, -0.05) is 231 Å². The molecule has 0 saturated carbocycles. The molecule has 272 valence electrons. The molecule has 11 rings (SSSR count). The summed E-state index contributed by atoms with van der Waals surface area (Å²) in [7, 11) is 0. The van der Waals surface area contributed by atoms with Crippen molar-refractivity contribution in [1.29, 1.82) is 0 Å². The van der Waals surface area contributed by atoms with Crippen molar-refractivity contribution in [2.75, 3.05) is 0 Å². The average Bonchev–Trinajstić information content (AvgIpc) is 3.30. The fourth-order valence-corrected chi connectivity index (χ4v) is 9.85. The largest absolute Gasteiger partial charge is 0.0760 e. The van der Waals surface area contributed by atoms with Gasteiger partial charge in [-0.2, -0.15) is 0 Å². The molecule has 0 N–H and O–H groups in total. The van der Waals surface area contributed by atoms with Crippen LogP contribution in [-0.4, -0.2) is 0 Å². The molecule has 2 unspecified atom stereocenters. The van der Waals surface area contributed by atoms with Gasteiger partial charge >= 0.3 is 0 Å². The Morgan fingerprint density at radius 1 is 0.241 bits per heavy atom. The van der Waals surface area contributed by atoms with Gasteiger partial charge in [0.25, 0.3) is 0 Å². The van der Waals surface area contributed by atoms with Crippen LogP contribution in [0.5, 0.6) is 0 Å². The predicted octanol–water partition coefficient (Wildman–Crippen LogP) is 13.4. The molecule has 58 heavy (non-hydrogen) atoms. The molecule has 0 aliphatic heterocycles. The third-order valence-electron chi connectivity index (χ3n) is 12.3. The standard InChI is InChI=1S/C58H40/c1-3-19-39(20-4-1)43-23-7-9-25-45(43)57-51-31-15-11-27-47(51)55(48-28-12-16-32-52(48)57)41-35-37-42(38-36-41)56-49-29-13-17-33-53(49)58(54-34-18-14-30-50(54)56)46-26-10-8-24-44(46)40-21-5-2-6-22-40/h1-38,47,51H. The van der Waals surface area contributed by atoms with Gasteiger partial charge in [0.05, 0.1) is 0 Å². The van der Waals surface area contributed by atoms with Gasteiger partial charge in [0.1, 0.15) is 0 Å². The molecular formula is C58H40. The minimum Gasteiger partial charge on any atom is -0.0760 e. The second kappa shape index (κ2) is 14.3. The number of rotatable bonds is 6. The van der Waals surface area contributed by atoms with E-state index in [1.165, 1.54) is 98.8 Å². The lowest BCUT2D eigenvalue weighted by Crippen LogP contribution is -2.40. The maximum absolute atomic E-state index is 2.42. The van der Waals surface area contributed by atoms with Crippen LogP contribution in [0.3, 0.4) is 0 Å². The third kappa shape index (κ3) is 5.60. The second-order valence-electron chi connectivity index (χ2n) is 15.4. The monoisotopic (exact) mass is 736 g/mol. The fraction of sp³-hybridized carbons (Fsp3) is 0.0345. The normalized spacial score (nSPS) is 15.7. The first-order valence-electron chi connectivity index (χ1n) is 20.4. The van der Waals surface area contributed by atoms with Gasteiger partial charge < -0.3 is 0 Å². The Bertz CT molecular complexity index is 3140. The summed E-state index contributed by atoms with van der Waals surface area (Å²) in [5, 5.41) is 7.68. The van der Waals surface area contributed by atoms with Gasteiger partial charge in [0.15, 0.2) is 0 Å². The topological polar surface area (TPSA) is 0 Å². The van der Waals surface area contributed by atoms with Crippen molar-refractivity contribution < 1.29 is 0 Å². The Balaban J connectivity index is 1.11. The molecule has 0 aromatic heterocycles. The second-order valence-corrected chi connectivity index (χ2v) is 15.4. The van der Waals surface area contributed by atoms with Gasteiger partial charge in [-0.15, -0.1) is 0 Å². The number of fused-ring (bicyclic) bond motifs is 4. The van der Waals surface area contributed by atoms with E-state index in [-0.39, 0.29) is 11.8 Å². The van der Waals surface area contributed by atoms with Crippen molar-refractivity contribution in [1.82, 2.24) is 0 Å². The summed E-state index contributed by atoms with van der Waals surface area (Å²) in [6, 6.07) is 75.9. The van der Waals surface area contributed by atoms with Crippen LogP contribution in [-0.2, 0) is 0 Å². The Labute approximate surface area is 339 Å². The molecule has 9 aromatic rings. The summed E-state index contributed by atoms with van der Waals surface area (Å²) < 4.78 is 0. The van der Waals surface area contributed by atoms with E-state index in [0.717, 1.165) is 0 Å². The Morgan fingerprint density at radius 3 is 1.17 bits per heavy atom. The lowest BCUT2D eigenvalue weighted by Gasteiger charge is -2.34. The van der Waals surface area contributed by atoms with E-state index < -0.39 is 0 Å². The lowest BCUT2D eigenvalue weighted by atomic mass is 9.69. The molecule has 0 radical (unpaired) electrons. The number of benzene rings is 9. The lowest BCUT2D eigenvalue weighted by molar-refractivity contribution is 0.686. The summed E-state index contributed by atoms with van der Waals surface area (Å²) in [5.74, 6) is 0.411. The first-order chi connectivity index (χ1) is 28.8. The van der Waals surface area contributed by atoms with E-state index in [2.05, 4.69) is 231 Å². The minimum atomic E-state index is 0.204. The van der Waals surface area contributed by atoms with Crippen molar-refractivity contribution in [3.63, 3.8) is 0 Å². The van der Waals surface area contributed by atoms with Crippen LogP contribution in [0.25, 0.3) is 77.2 Å². The van der Waals surface area contributed by atoms with E-state index in [1.807, 2.05) is 0 Å². The highest BCUT2D eigenvalue weighted by molar-refractivity contribution is 6.22. The molecule has 0 bridgehead atoms. The maximum atomic E-state index is 2.42. The molecule has 0 spiro atoms. The summed E-state index contributed by atoms with van der Waals surface area (Å²) in [6.45, 7) is 0. The molecule has 9 aromatic carbocycles. The van der Waals surface area contributed by atoms with Crippen LogP contribution >= 0.6 is 0 Å². The fourth-order valence-electron chi connectivity index (χ4n) is 9.85. The van der Waals surface area contributed by atoms with Gasteiger partial charge in [-0.3, -0.25) is 0 Å².